The number of allylic oxidation sites excluding steroid dienone is 2. The molecule has 2 heterocycles. The van der Waals surface area contributed by atoms with E-state index in [9.17, 15) is 15.0 Å². The maximum absolute atomic E-state index is 12.9. The quantitative estimate of drug-likeness (QED) is 0.479. The Morgan fingerprint density at radius 2 is 1.96 bits per heavy atom. The number of ether oxygens (including phenoxy) is 1. The van der Waals surface area contributed by atoms with Crippen LogP contribution in [-0.2, 0) is 0 Å². The fourth-order valence-corrected chi connectivity index (χ4v) is 3.58. The Kier molecular flexibility index (Phi) is 4.18. The first kappa shape index (κ1) is 18.2. The molecule has 4 rings (SSSR count). The molecule has 0 radical (unpaired) electrons. The molecule has 2 aromatic carbocycles. The van der Waals surface area contributed by atoms with Gasteiger partial charge in [0.2, 0.25) is 5.43 Å². The summed E-state index contributed by atoms with van der Waals surface area (Å²) in [4.78, 5) is 12.9. The molecule has 0 fully saturated rings. The molecule has 0 saturated heterocycles. The zero-order valence-corrected chi connectivity index (χ0v) is 16.1. The van der Waals surface area contributed by atoms with Crippen molar-refractivity contribution in [3.05, 3.63) is 57.8 Å². The van der Waals surface area contributed by atoms with Crippen LogP contribution in [0.1, 0.15) is 39.2 Å². The average Bonchev–Trinajstić information content (AvgIpc) is 2.62. The van der Waals surface area contributed by atoms with Crippen LogP contribution in [0.15, 0.2) is 51.2 Å². The van der Waals surface area contributed by atoms with E-state index in [1.54, 1.807) is 12.1 Å². The normalized spacial score (nSPS) is 18.1. The number of fused-ring (bicyclic) bond motifs is 4. The molecule has 5 nitrogen and oxygen atoms in total. The molecule has 0 unspecified atom stereocenters. The third-order valence-corrected chi connectivity index (χ3v) is 5.07. The van der Waals surface area contributed by atoms with Crippen molar-refractivity contribution in [3.8, 4) is 17.2 Å². The number of phenolic OH excluding ortho intramolecular Hbond substituents is 2. The molecule has 5 heteroatoms. The van der Waals surface area contributed by atoms with E-state index in [1.165, 1.54) is 17.7 Å². The van der Waals surface area contributed by atoms with Crippen LogP contribution < -0.4 is 10.2 Å². The molecule has 2 N–H and O–H groups in total. The van der Waals surface area contributed by atoms with E-state index in [1.807, 2.05) is 19.1 Å². The largest absolute Gasteiger partial charge is 0.507 e. The highest BCUT2D eigenvalue weighted by Crippen LogP contribution is 2.42. The Morgan fingerprint density at radius 3 is 2.71 bits per heavy atom. The van der Waals surface area contributed by atoms with Crippen LogP contribution in [0, 0.1) is 0 Å². The highest BCUT2D eigenvalue weighted by atomic mass is 16.5. The van der Waals surface area contributed by atoms with Gasteiger partial charge in [-0.3, -0.25) is 4.79 Å². The minimum atomic E-state index is -0.529. The van der Waals surface area contributed by atoms with Gasteiger partial charge in [0.15, 0.2) is 16.9 Å². The van der Waals surface area contributed by atoms with Gasteiger partial charge in [0.1, 0.15) is 22.5 Å². The summed E-state index contributed by atoms with van der Waals surface area (Å²) in [6.07, 6.45) is 7.60. The Labute approximate surface area is 162 Å². The zero-order chi connectivity index (χ0) is 20.1. The van der Waals surface area contributed by atoms with Crippen LogP contribution in [0.2, 0.25) is 0 Å². The van der Waals surface area contributed by atoms with Crippen LogP contribution in [0.4, 0.5) is 0 Å². The summed E-state index contributed by atoms with van der Waals surface area (Å²) < 4.78 is 12.0. The molecule has 0 aliphatic carbocycles. The van der Waals surface area contributed by atoms with Crippen LogP contribution in [0.5, 0.6) is 17.2 Å². The van der Waals surface area contributed by atoms with Crippen molar-refractivity contribution < 1.29 is 19.4 Å². The molecule has 3 aromatic rings. The van der Waals surface area contributed by atoms with Gasteiger partial charge in [-0.25, -0.2) is 0 Å². The maximum Gasteiger partial charge on any atom is 0.204 e. The number of benzene rings is 2. The van der Waals surface area contributed by atoms with Crippen LogP contribution in [-0.4, -0.2) is 15.8 Å². The van der Waals surface area contributed by atoms with E-state index in [4.69, 9.17) is 9.15 Å². The summed E-state index contributed by atoms with van der Waals surface area (Å²) in [5.41, 5.74) is 1.21. The van der Waals surface area contributed by atoms with Gasteiger partial charge in [-0.05, 0) is 57.9 Å². The lowest BCUT2D eigenvalue weighted by atomic mass is 9.93. The lowest BCUT2D eigenvalue weighted by Gasteiger charge is -2.31. The molecule has 144 valence electrons. The highest BCUT2D eigenvalue weighted by molar-refractivity contribution is 6.00. The fraction of sp³-hybridized carbons (Fsp3) is 0.261. The van der Waals surface area contributed by atoms with Crippen molar-refractivity contribution in [1.29, 1.82) is 0 Å². The van der Waals surface area contributed by atoms with E-state index in [0.29, 0.717) is 11.3 Å². The van der Waals surface area contributed by atoms with Crippen molar-refractivity contribution in [3.63, 3.8) is 0 Å². The minimum Gasteiger partial charge on any atom is -0.507 e. The Morgan fingerprint density at radius 1 is 1.18 bits per heavy atom. The molecular formula is C23H22O5. The van der Waals surface area contributed by atoms with Crippen molar-refractivity contribution in [2.75, 3.05) is 0 Å². The van der Waals surface area contributed by atoms with Gasteiger partial charge in [-0.1, -0.05) is 17.7 Å². The van der Waals surface area contributed by atoms with Crippen molar-refractivity contribution >= 4 is 28.0 Å². The van der Waals surface area contributed by atoms with Gasteiger partial charge in [0, 0.05) is 6.07 Å². The minimum absolute atomic E-state index is 0.0817. The van der Waals surface area contributed by atoms with Gasteiger partial charge in [0.05, 0.1) is 10.9 Å². The SMILES string of the molecule is CC(C)=CCC[C@]1(C)C=Cc2c(cc(O)c3c(=O)c4cccc(O)c4oc23)O1. The molecule has 1 aliphatic rings. The van der Waals surface area contributed by atoms with Gasteiger partial charge >= 0.3 is 0 Å². The van der Waals surface area contributed by atoms with Crippen LogP contribution in [0.25, 0.3) is 28.0 Å². The standard InChI is InChI=1S/C23H22O5/c1-13(2)6-5-10-23(3)11-9-14-18(28-23)12-17(25)19-20(26)15-7-4-8-16(24)21(15)27-22(14)19/h4,6-9,11-12,24-25H,5,10H2,1-3H3/t23-/m1/s1. The number of hydrogen-bond acceptors (Lipinski definition) is 5. The Hall–Kier alpha value is -3.21. The molecule has 1 aliphatic heterocycles. The van der Waals surface area contributed by atoms with Crippen LogP contribution >= 0.6 is 0 Å². The predicted molar refractivity (Wildman–Crippen MR) is 110 cm³/mol. The number of phenols is 2. The molecule has 28 heavy (non-hydrogen) atoms. The summed E-state index contributed by atoms with van der Waals surface area (Å²) in [7, 11) is 0. The van der Waals surface area contributed by atoms with E-state index >= 15 is 0 Å². The van der Waals surface area contributed by atoms with E-state index in [-0.39, 0.29) is 33.4 Å². The Bertz CT molecular complexity index is 1210. The van der Waals surface area contributed by atoms with E-state index < -0.39 is 11.0 Å². The molecule has 0 saturated carbocycles. The highest BCUT2D eigenvalue weighted by Gasteiger charge is 2.30. The van der Waals surface area contributed by atoms with Gasteiger partial charge in [-0.2, -0.15) is 0 Å². The van der Waals surface area contributed by atoms with E-state index in [2.05, 4.69) is 19.9 Å². The number of hydrogen-bond donors (Lipinski definition) is 2. The second-order valence-corrected chi connectivity index (χ2v) is 7.66. The first-order valence-electron chi connectivity index (χ1n) is 9.25. The average molecular weight is 378 g/mol. The van der Waals surface area contributed by atoms with E-state index in [0.717, 1.165) is 12.8 Å². The summed E-state index contributed by atoms with van der Waals surface area (Å²) in [6.45, 7) is 6.09. The summed E-state index contributed by atoms with van der Waals surface area (Å²) in [5.74, 6) is 0.126. The molecule has 1 aromatic heterocycles. The van der Waals surface area contributed by atoms with Crippen molar-refractivity contribution in [2.45, 2.75) is 39.2 Å². The van der Waals surface area contributed by atoms with Gasteiger partial charge in [0.25, 0.3) is 0 Å². The molecule has 0 spiro atoms. The van der Waals surface area contributed by atoms with Gasteiger partial charge < -0.3 is 19.4 Å². The lowest BCUT2D eigenvalue weighted by Crippen LogP contribution is -2.31. The molecule has 1 atom stereocenters. The summed E-state index contributed by atoms with van der Waals surface area (Å²) in [6, 6.07) is 6.05. The third-order valence-electron chi connectivity index (χ3n) is 5.07. The molecule has 0 amide bonds. The third kappa shape index (κ3) is 2.93. The first-order chi connectivity index (χ1) is 13.3. The summed E-state index contributed by atoms with van der Waals surface area (Å²) >= 11 is 0. The fourth-order valence-electron chi connectivity index (χ4n) is 3.58. The van der Waals surface area contributed by atoms with Crippen molar-refractivity contribution in [1.82, 2.24) is 0 Å². The lowest BCUT2D eigenvalue weighted by molar-refractivity contribution is 0.128. The molecular weight excluding hydrogens is 356 g/mol. The summed E-state index contributed by atoms with van der Waals surface area (Å²) in [5, 5.41) is 20.9. The smallest absolute Gasteiger partial charge is 0.204 e. The van der Waals surface area contributed by atoms with Crippen molar-refractivity contribution in [2.24, 2.45) is 0 Å². The second kappa shape index (κ2) is 6.44. The topological polar surface area (TPSA) is 79.9 Å². The monoisotopic (exact) mass is 378 g/mol. The first-order valence-corrected chi connectivity index (χ1v) is 9.25. The maximum atomic E-state index is 12.9. The zero-order valence-electron chi connectivity index (χ0n) is 16.1. The molecule has 0 bridgehead atoms. The van der Waals surface area contributed by atoms with Crippen LogP contribution in [0.3, 0.4) is 0 Å². The predicted octanol–water partition coefficient (Wildman–Crippen LogP) is 5.27. The Balaban J connectivity index is 1.89. The van der Waals surface area contributed by atoms with Gasteiger partial charge in [-0.15, -0.1) is 0 Å². The second-order valence-electron chi connectivity index (χ2n) is 7.66. The number of rotatable bonds is 3. The number of para-hydroxylation sites is 1. The number of aromatic hydroxyl groups is 2.